The van der Waals surface area contributed by atoms with Crippen molar-refractivity contribution in [1.29, 1.82) is 0 Å². The number of rotatable bonds is 2. The highest BCUT2D eigenvalue weighted by Gasteiger charge is 2.13. The first-order valence-electron chi connectivity index (χ1n) is 4.62. The summed E-state index contributed by atoms with van der Waals surface area (Å²) in [5, 5.41) is 3.50. The van der Waals surface area contributed by atoms with Gasteiger partial charge in [-0.1, -0.05) is 6.42 Å². The van der Waals surface area contributed by atoms with Crippen molar-refractivity contribution in [1.82, 2.24) is 5.32 Å². The Balaban J connectivity index is 1.86. The number of hydrogen-bond acceptors (Lipinski definition) is 2. The largest absolute Gasteiger partial charge is 0.461 e. The smallest absolute Gasteiger partial charge is 0.172 e. The molecule has 1 saturated heterocycles. The first kappa shape index (κ1) is 7.87. The monoisotopic (exact) mass is 164 g/mol. The maximum Gasteiger partial charge on any atom is 0.172 e. The van der Waals surface area contributed by atoms with E-state index in [0.717, 1.165) is 6.42 Å². The van der Waals surface area contributed by atoms with Gasteiger partial charge in [0, 0.05) is 11.6 Å². The molecular weight excluding hydrogens is 150 g/mol. The fourth-order valence-electron chi connectivity index (χ4n) is 1.73. The fraction of sp³-hybridized carbons (Fsp3) is 0.600. The van der Waals surface area contributed by atoms with Crippen molar-refractivity contribution in [3.05, 3.63) is 24.2 Å². The zero-order valence-corrected chi connectivity index (χ0v) is 7.18. The molecule has 0 aromatic carbocycles. The van der Waals surface area contributed by atoms with E-state index in [1.165, 1.54) is 31.4 Å². The zero-order valence-electron chi connectivity index (χ0n) is 7.18. The van der Waals surface area contributed by atoms with Gasteiger partial charge >= 0.3 is 0 Å². The molecule has 2 nitrogen and oxygen atoms in total. The van der Waals surface area contributed by atoms with Gasteiger partial charge in [0.2, 0.25) is 0 Å². The topological polar surface area (TPSA) is 25.2 Å². The molecule has 0 amide bonds. The summed E-state index contributed by atoms with van der Waals surface area (Å²) in [4.78, 5) is 0. The Kier molecular flexibility index (Phi) is 2.47. The predicted octanol–water partition coefficient (Wildman–Crippen LogP) is 1.76. The van der Waals surface area contributed by atoms with Crippen molar-refractivity contribution < 1.29 is 4.42 Å². The van der Waals surface area contributed by atoms with E-state index < -0.39 is 0 Å². The van der Waals surface area contributed by atoms with Crippen LogP contribution in [0.2, 0.25) is 0 Å². The fourth-order valence-corrected chi connectivity index (χ4v) is 1.73. The Morgan fingerprint density at radius 2 is 2.58 bits per heavy atom. The molecule has 1 atom stereocenters. The summed E-state index contributed by atoms with van der Waals surface area (Å²) >= 11 is 0. The summed E-state index contributed by atoms with van der Waals surface area (Å²) < 4.78 is 4.90. The summed E-state index contributed by atoms with van der Waals surface area (Å²) in [6, 6.07) is 2.64. The molecule has 0 bridgehead atoms. The Bertz CT molecular complexity index is 212. The van der Waals surface area contributed by atoms with E-state index in [1.54, 1.807) is 6.26 Å². The summed E-state index contributed by atoms with van der Waals surface area (Å²) in [6.07, 6.45) is 9.60. The van der Waals surface area contributed by atoms with Crippen LogP contribution in [0.4, 0.5) is 0 Å². The van der Waals surface area contributed by atoms with Crippen molar-refractivity contribution in [3.63, 3.8) is 0 Å². The van der Waals surface area contributed by atoms with Crippen molar-refractivity contribution in [2.24, 2.45) is 0 Å². The van der Waals surface area contributed by atoms with Crippen LogP contribution in [-0.2, 0) is 6.42 Å². The Hall–Kier alpha value is -0.760. The summed E-state index contributed by atoms with van der Waals surface area (Å²) in [5.41, 5.74) is 1.19. The highest BCUT2D eigenvalue weighted by atomic mass is 16.3. The van der Waals surface area contributed by atoms with Crippen molar-refractivity contribution >= 4 is 0 Å². The molecular formula is C10H14NO. The van der Waals surface area contributed by atoms with Gasteiger partial charge in [0.1, 0.15) is 0 Å². The minimum absolute atomic E-state index is 0.646. The van der Waals surface area contributed by atoms with Crippen LogP contribution in [-0.4, -0.2) is 12.6 Å². The Morgan fingerprint density at radius 1 is 1.58 bits per heavy atom. The molecule has 1 radical (unpaired) electrons. The second-order valence-electron chi connectivity index (χ2n) is 3.40. The average molecular weight is 164 g/mol. The molecule has 1 fully saturated rings. The van der Waals surface area contributed by atoms with Gasteiger partial charge in [-0.2, -0.15) is 0 Å². The molecule has 0 aliphatic carbocycles. The second-order valence-corrected chi connectivity index (χ2v) is 3.40. The number of nitrogens with one attached hydrogen (secondary N) is 1. The molecule has 1 aliphatic heterocycles. The molecule has 1 aliphatic rings. The van der Waals surface area contributed by atoms with Crippen LogP contribution in [0.25, 0.3) is 0 Å². The lowest BCUT2D eigenvalue weighted by molar-refractivity contribution is 0.398. The number of furan rings is 1. The van der Waals surface area contributed by atoms with E-state index >= 15 is 0 Å². The standard InChI is InChI=1S/C10H14NO/c1-2-5-11-10(3-1)7-9-4-6-12-8-9/h4,6,10-11H,1-3,5,7H2. The predicted molar refractivity (Wildman–Crippen MR) is 46.9 cm³/mol. The first-order chi connectivity index (χ1) is 5.95. The lowest BCUT2D eigenvalue weighted by atomic mass is 9.99. The second kappa shape index (κ2) is 3.76. The van der Waals surface area contributed by atoms with E-state index in [4.69, 9.17) is 4.42 Å². The first-order valence-corrected chi connectivity index (χ1v) is 4.62. The summed E-state index contributed by atoms with van der Waals surface area (Å²) in [7, 11) is 0. The van der Waals surface area contributed by atoms with Gasteiger partial charge in [-0.3, -0.25) is 0 Å². The molecule has 1 N–H and O–H groups in total. The molecule has 2 rings (SSSR count). The van der Waals surface area contributed by atoms with Crippen LogP contribution in [0, 0.1) is 6.26 Å². The molecule has 2 heterocycles. The van der Waals surface area contributed by atoms with E-state index in [9.17, 15) is 0 Å². The van der Waals surface area contributed by atoms with Gasteiger partial charge in [0.25, 0.3) is 0 Å². The Labute approximate surface area is 73.0 Å². The average Bonchev–Trinajstić information content (AvgIpc) is 2.59. The molecule has 2 heteroatoms. The van der Waals surface area contributed by atoms with Gasteiger partial charge in [-0.25, -0.2) is 0 Å². The van der Waals surface area contributed by atoms with Crippen molar-refractivity contribution in [2.45, 2.75) is 31.7 Å². The van der Waals surface area contributed by atoms with Crippen LogP contribution in [0.5, 0.6) is 0 Å². The maximum absolute atomic E-state index is 4.90. The third-order valence-corrected chi connectivity index (χ3v) is 2.41. The number of hydrogen-bond donors (Lipinski definition) is 1. The van der Waals surface area contributed by atoms with Crippen LogP contribution >= 0.6 is 0 Å². The third kappa shape index (κ3) is 1.89. The van der Waals surface area contributed by atoms with Crippen LogP contribution in [0.15, 0.2) is 16.7 Å². The quantitative estimate of drug-likeness (QED) is 0.720. The molecule has 0 saturated carbocycles. The molecule has 1 aromatic rings. The lowest BCUT2D eigenvalue weighted by Gasteiger charge is -2.22. The lowest BCUT2D eigenvalue weighted by Crippen LogP contribution is -2.35. The molecule has 1 aromatic heterocycles. The van der Waals surface area contributed by atoms with Gasteiger partial charge in [-0.15, -0.1) is 0 Å². The summed E-state index contributed by atoms with van der Waals surface area (Å²) in [6.45, 7) is 1.17. The summed E-state index contributed by atoms with van der Waals surface area (Å²) in [5.74, 6) is 0. The van der Waals surface area contributed by atoms with Gasteiger partial charge in [-0.05, 0) is 31.9 Å². The molecule has 1 unspecified atom stereocenters. The minimum Gasteiger partial charge on any atom is -0.461 e. The maximum atomic E-state index is 4.90. The molecule has 12 heavy (non-hydrogen) atoms. The SMILES string of the molecule is [c]1occc1CC1CCCCN1. The Morgan fingerprint density at radius 3 is 3.25 bits per heavy atom. The van der Waals surface area contributed by atoms with Crippen molar-refractivity contribution in [2.75, 3.05) is 6.54 Å². The minimum atomic E-state index is 0.646. The highest BCUT2D eigenvalue weighted by Crippen LogP contribution is 2.12. The van der Waals surface area contributed by atoms with Crippen LogP contribution in [0.1, 0.15) is 24.8 Å². The normalized spacial score (nSPS) is 24.2. The van der Waals surface area contributed by atoms with Crippen molar-refractivity contribution in [3.8, 4) is 0 Å². The van der Waals surface area contributed by atoms with E-state index in [1.807, 2.05) is 6.07 Å². The van der Waals surface area contributed by atoms with Gasteiger partial charge < -0.3 is 9.73 Å². The van der Waals surface area contributed by atoms with E-state index in [2.05, 4.69) is 11.6 Å². The van der Waals surface area contributed by atoms with E-state index in [0.29, 0.717) is 6.04 Å². The highest BCUT2D eigenvalue weighted by molar-refractivity contribution is 5.06. The van der Waals surface area contributed by atoms with Gasteiger partial charge in [0.15, 0.2) is 6.26 Å². The number of piperidine rings is 1. The molecule has 65 valence electrons. The molecule has 0 spiro atoms. The van der Waals surface area contributed by atoms with E-state index in [-0.39, 0.29) is 0 Å². The van der Waals surface area contributed by atoms with Crippen LogP contribution < -0.4 is 5.32 Å². The van der Waals surface area contributed by atoms with Crippen LogP contribution in [0.3, 0.4) is 0 Å². The zero-order chi connectivity index (χ0) is 8.23. The van der Waals surface area contributed by atoms with Gasteiger partial charge in [0.05, 0.1) is 6.26 Å². The third-order valence-electron chi connectivity index (χ3n) is 2.41.